The van der Waals surface area contributed by atoms with E-state index in [1.54, 1.807) is 12.1 Å². The van der Waals surface area contributed by atoms with Gasteiger partial charge in [0.25, 0.3) is 0 Å². The van der Waals surface area contributed by atoms with Gasteiger partial charge in [0.15, 0.2) is 11.5 Å². The van der Waals surface area contributed by atoms with Crippen molar-refractivity contribution in [2.75, 3.05) is 68.7 Å². The second-order valence-corrected chi connectivity index (χ2v) is 9.26. The number of urea groups is 1. The van der Waals surface area contributed by atoms with E-state index in [-0.39, 0.29) is 18.9 Å². The SMILES string of the molecule is CN(C)c1ccc(C(CNC(=O)Nc2ccc3c(c2)OCO3)N2CCN(c3ccccc3)CC2)cc1. The standard InChI is InChI=1S/C28H33N5O3/c1-31(2)23-11-8-21(9-12-23)25(33-16-14-32(15-17-33)24-6-4-3-5-7-24)19-29-28(34)30-22-10-13-26-27(18-22)36-20-35-26/h3-13,18,25H,14-17,19-20H2,1-2H3,(H2,29,30,34). The van der Waals surface area contributed by atoms with Crippen molar-refractivity contribution in [3.8, 4) is 11.5 Å². The molecule has 1 atom stereocenters. The van der Waals surface area contributed by atoms with E-state index < -0.39 is 0 Å². The Morgan fingerprint density at radius 2 is 1.64 bits per heavy atom. The van der Waals surface area contributed by atoms with Gasteiger partial charge in [-0.2, -0.15) is 0 Å². The Labute approximate surface area is 212 Å². The van der Waals surface area contributed by atoms with E-state index in [0.717, 1.165) is 31.9 Å². The number of ether oxygens (including phenoxy) is 2. The largest absolute Gasteiger partial charge is 0.454 e. The lowest BCUT2D eigenvalue weighted by Gasteiger charge is -2.40. The van der Waals surface area contributed by atoms with Crippen molar-refractivity contribution in [1.82, 2.24) is 10.2 Å². The summed E-state index contributed by atoms with van der Waals surface area (Å²) in [6, 6.07) is 24.4. The number of anilines is 3. The van der Waals surface area contributed by atoms with E-state index in [9.17, 15) is 4.79 Å². The van der Waals surface area contributed by atoms with Crippen molar-refractivity contribution in [3.05, 3.63) is 78.4 Å². The Balaban J connectivity index is 1.25. The van der Waals surface area contributed by atoms with E-state index in [4.69, 9.17) is 9.47 Å². The summed E-state index contributed by atoms with van der Waals surface area (Å²) < 4.78 is 10.8. The maximum absolute atomic E-state index is 12.8. The summed E-state index contributed by atoms with van der Waals surface area (Å²) >= 11 is 0. The average Bonchev–Trinajstić information content (AvgIpc) is 3.38. The molecular weight excluding hydrogens is 454 g/mol. The lowest BCUT2D eigenvalue weighted by atomic mass is 10.0. The minimum Gasteiger partial charge on any atom is -0.454 e. The highest BCUT2D eigenvalue weighted by Gasteiger charge is 2.26. The predicted octanol–water partition coefficient (Wildman–Crippen LogP) is 4.17. The number of carbonyl (C=O) groups is 1. The first-order valence-corrected chi connectivity index (χ1v) is 12.3. The first-order valence-electron chi connectivity index (χ1n) is 12.3. The number of nitrogens with one attached hydrogen (secondary N) is 2. The number of piperazine rings is 1. The zero-order valence-electron chi connectivity index (χ0n) is 20.8. The molecule has 1 unspecified atom stereocenters. The molecule has 5 rings (SSSR count). The lowest BCUT2D eigenvalue weighted by molar-refractivity contribution is 0.174. The Bertz CT molecular complexity index is 1160. The molecule has 0 spiro atoms. The van der Waals surface area contributed by atoms with Gasteiger partial charge in [0.2, 0.25) is 6.79 Å². The smallest absolute Gasteiger partial charge is 0.319 e. The maximum Gasteiger partial charge on any atom is 0.319 e. The quantitative estimate of drug-likeness (QED) is 0.522. The first kappa shape index (κ1) is 23.8. The van der Waals surface area contributed by atoms with Crippen LogP contribution in [0, 0.1) is 0 Å². The van der Waals surface area contributed by atoms with E-state index in [0.29, 0.717) is 23.7 Å². The third kappa shape index (κ3) is 5.49. The van der Waals surface area contributed by atoms with Crippen LogP contribution in [-0.4, -0.2) is 64.5 Å². The van der Waals surface area contributed by atoms with Crippen LogP contribution in [-0.2, 0) is 0 Å². The average molecular weight is 488 g/mol. The second kappa shape index (κ2) is 10.8. The fourth-order valence-corrected chi connectivity index (χ4v) is 4.72. The van der Waals surface area contributed by atoms with Crippen molar-refractivity contribution >= 4 is 23.1 Å². The van der Waals surface area contributed by atoms with Gasteiger partial charge in [-0.05, 0) is 42.0 Å². The van der Waals surface area contributed by atoms with Crippen molar-refractivity contribution in [3.63, 3.8) is 0 Å². The molecule has 2 aliphatic rings. The monoisotopic (exact) mass is 487 g/mol. The van der Waals surface area contributed by atoms with Gasteiger partial charge in [-0.25, -0.2) is 4.79 Å². The topological polar surface area (TPSA) is 69.3 Å². The molecule has 2 amide bonds. The molecule has 8 nitrogen and oxygen atoms in total. The van der Waals surface area contributed by atoms with E-state index in [1.165, 1.54) is 11.3 Å². The summed E-state index contributed by atoms with van der Waals surface area (Å²) in [7, 11) is 4.08. The minimum absolute atomic E-state index is 0.0710. The molecule has 0 saturated carbocycles. The van der Waals surface area contributed by atoms with Crippen LogP contribution in [0.4, 0.5) is 21.9 Å². The molecular formula is C28H33N5O3. The van der Waals surface area contributed by atoms with Gasteiger partial charge < -0.3 is 29.9 Å². The van der Waals surface area contributed by atoms with Gasteiger partial charge in [-0.1, -0.05) is 30.3 Å². The van der Waals surface area contributed by atoms with E-state index in [2.05, 4.69) is 73.9 Å². The molecule has 3 aromatic rings. The number of nitrogens with zero attached hydrogens (tertiary/aromatic N) is 3. The molecule has 36 heavy (non-hydrogen) atoms. The number of amides is 2. The van der Waals surface area contributed by atoms with Crippen LogP contribution < -0.4 is 29.9 Å². The highest BCUT2D eigenvalue weighted by molar-refractivity contribution is 5.89. The fraction of sp³-hybridized carbons (Fsp3) is 0.321. The molecule has 2 N–H and O–H groups in total. The normalized spacial score (nSPS) is 15.9. The third-order valence-corrected chi connectivity index (χ3v) is 6.76. The Hall–Kier alpha value is -3.91. The van der Waals surface area contributed by atoms with E-state index in [1.807, 2.05) is 26.2 Å². The summed E-state index contributed by atoms with van der Waals surface area (Å²) in [4.78, 5) is 19.8. The minimum atomic E-state index is -0.244. The highest BCUT2D eigenvalue weighted by Crippen LogP contribution is 2.34. The van der Waals surface area contributed by atoms with Gasteiger partial charge >= 0.3 is 6.03 Å². The Kier molecular flexibility index (Phi) is 7.13. The number of hydrogen-bond acceptors (Lipinski definition) is 6. The van der Waals surface area contributed by atoms with Crippen molar-refractivity contribution in [1.29, 1.82) is 0 Å². The summed E-state index contributed by atoms with van der Waals surface area (Å²) in [5.74, 6) is 1.33. The van der Waals surface area contributed by atoms with Gasteiger partial charge in [0.1, 0.15) is 0 Å². The number of fused-ring (bicyclic) bond motifs is 1. The van der Waals surface area contributed by atoms with Crippen molar-refractivity contribution < 1.29 is 14.3 Å². The second-order valence-electron chi connectivity index (χ2n) is 9.26. The molecule has 0 aliphatic carbocycles. The van der Waals surface area contributed by atoms with Crippen LogP contribution in [0.15, 0.2) is 72.8 Å². The predicted molar refractivity (Wildman–Crippen MR) is 143 cm³/mol. The molecule has 0 aromatic heterocycles. The number of hydrogen-bond donors (Lipinski definition) is 2. The molecule has 0 radical (unpaired) electrons. The summed E-state index contributed by atoms with van der Waals surface area (Å²) in [5, 5.41) is 6.00. The summed E-state index contributed by atoms with van der Waals surface area (Å²) in [6.45, 7) is 4.43. The zero-order valence-corrected chi connectivity index (χ0v) is 20.8. The Morgan fingerprint density at radius 1 is 0.917 bits per heavy atom. The molecule has 188 valence electrons. The number of carbonyl (C=O) groups excluding carboxylic acids is 1. The molecule has 3 aromatic carbocycles. The zero-order chi connectivity index (χ0) is 24.9. The highest BCUT2D eigenvalue weighted by atomic mass is 16.7. The summed E-state index contributed by atoms with van der Waals surface area (Å²) in [5.41, 5.74) is 4.27. The van der Waals surface area contributed by atoms with Crippen molar-refractivity contribution in [2.45, 2.75) is 6.04 Å². The van der Waals surface area contributed by atoms with Crippen LogP contribution in [0.5, 0.6) is 11.5 Å². The molecule has 0 bridgehead atoms. The Morgan fingerprint density at radius 3 is 2.36 bits per heavy atom. The summed E-state index contributed by atoms with van der Waals surface area (Å²) in [6.07, 6.45) is 0. The van der Waals surface area contributed by atoms with Crippen LogP contribution in [0.25, 0.3) is 0 Å². The van der Waals surface area contributed by atoms with Crippen molar-refractivity contribution in [2.24, 2.45) is 0 Å². The fourth-order valence-electron chi connectivity index (χ4n) is 4.72. The van der Waals surface area contributed by atoms with Crippen LogP contribution in [0.1, 0.15) is 11.6 Å². The third-order valence-electron chi connectivity index (χ3n) is 6.76. The number of rotatable bonds is 7. The van der Waals surface area contributed by atoms with Crippen LogP contribution in [0.2, 0.25) is 0 Å². The molecule has 1 saturated heterocycles. The molecule has 1 fully saturated rings. The van der Waals surface area contributed by atoms with Gasteiger partial charge in [0.05, 0.1) is 6.04 Å². The number of benzene rings is 3. The molecule has 2 heterocycles. The van der Waals surface area contributed by atoms with Gasteiger partial charge in [0, 0.05) is 69.9 Å². The maximum atomic E-state index is 12.8. The lowest BCUT2D eigenvalue weighted by Crippen LogP contribution is -2.50. The van der Waals surface area contributed by atoms with Crippen LogP contribution in [0.3, 0.4) is 0 Å². The van der Waals surface area contributed by atoms with Gasteiger partial charge in [-0.15, -0.1) is 0 Å². The number of para-hydroxylation sites is 1. The first-order chi connectivity index (χ1) is 17.6. The van der Waals surface area contributed by atoms with Crippen LogP contribution >= 0.6 is 0 Å². The molecule has 8 heteroatoms. The van der Waals surface area contributed by atoms with E-state index >= 15 is 0 Å². The molecule has 2 aliphatic heterocycles. The van der Waals surface area contributed by atoms with Gasteiger partial charge in [-0.3, -0.25) is 4.90 Å².